The zero-order valence-electron chi connectivity index (χ0n) is 16.8. The highest BCUT2D eigenvalue weighted by Crippen LogP contribution is 2.39. The van der Waals surface area contributed by atoms with Gasteiger partial charge >= 0.3 is 5.69 Å². The van der Waals surface area contributed by atoms with E-state index in [4.69, 9.17) is 5.73 Å². The Kier molecular flexibility index (Phi) is 6.16. The Morgan fingerprint density at radius 3 is 2.67 bits per heavy atom. The second-order valence-corrected chi connectivity index (χ2v) is 9.06. The van der Waals surface area contributed by atoms with E-state index in [0.717, 1.165) is 29.7 Å². The van der Waals surface area contributed by atoms with Crippen molar-refractivity contribution in [3.63, 3.8) is 0 Å². The third-order valence-electron chi connectivity index (χ3n) is 6.05. The van der Waals surface area contributed by atoms with Crippen LogP contribution in [0.3, 0.4) is 0 Å². The van der Waals surface area contributed by atoms with Gasteiger partial charge < -0.3 is 5.73 Å². The van der Waals surface area contributed by atoms with Crippen LogP contribution in [0.4, 0.5) is 0 Å². The number of imidazole rings is 1. The average molecular weight is 390 g/mol. The Morgan fingerprint density at radius 2 is 2.04 bits per heavy atom. The molecule has 1 aromatic carbocycles. The first-order valence-corrected chi connectivity index (χ1v) is 11.1. The first-order valence-electron chi connectivity index (χ1n) is 9.92. The van der Waals surface area contributed by atoms with E-state index in [-0.39, 0.29) is 17.5 Å². The molecule has 0 radical (unpaired) electrons. The monoisotopic (exact) mass is 389 g/mol. The first kappa shape index (κ1) is 20.2. The standard InChI is InChI=1S/C21H31N3O2S/c1-13(2)16-7-5-14(3)11-17(16)20(25)24-18-8-6-15(27-4)12-19(18)23(10-9-22)21(24)26/h6,8,12-14,16-17H,5,7,9-11,22H2,1-4H3/t14?,16-,17?/m0/s1. The molecule has 2 N–H and O–H groups in total. The number of rotatable bonds is 5. The van der Waals surface area contributed by atoms with Gasteiger partial charge in [0.05, 0.1) is 11.0 Å². The van der Waals surface area contributed by atoms with Crippen molar-refractivity contribution in [2.45, 2.75) is 51.5 Å². The maximum absolute atomic E-state index is 13.6. The summed E-state index contributed by atoms with van der Waals surface area (Å²) >= 11 is 1.63. The maximum Gasteiger partial charge on any atom is 0.336 e. The molecule has 1 aliphatic rings. The predicted octanol–water partition coefficient (Wildman–Crippen LogP) is 3.83. The summed E-state index contributed by atoms with van der Waals surface area (Å²) in [7, 11) is 0. The molecule has 1 aliphatic carbocycles. The van der Waals surface area contributed by atoms with Crippen LogP contribution >= 0.6 is 11.8 Å². The summed E-state index contributed by atoms with van der Waals surface area (Å²) in [5, 5.41) is 0. The summed E-state index contributed by atoms with van der Waals surface area (Å²) in [6.45, 7) is 7.37. The molecule has 1 heterocycles. The van der Waals surface area contributed by atoms with E-state index in [1.807, 2.05) is 24.5 Å². The van der Waals surface area contributed by atoms with Crippen LogP contribution in [0.15, 0.2) is 27.9 Å². The maximum atomic E-state index is 13.6. The molecule has 0 aliphatic heterocycles. The van der Waals surface area contributed by atoms with Crippen molar-refractivity contribution in [1.29, 1.82) is 0 Å². The van der Waals surface area contributed by atoms with Crippen molar-refractivity contribution in [3.8, 4) is 0 Å². The average Bonchev–Trinajstić information content (AvgIpc) is 2.92. The van der Waals surface area contributed by atoms with Crippen molar-refractivity contribution in [1.82, 2.24) is 9.13 Å². The van der Waals surface area contributed by atoms with E-state index in [1.165, 1.54) is 4.57 Å². The molecule has 5 nitrogen and oxygen atoms in total. The van der Waals surface area contributed by atoms with Crippen LogP contribution in [0.25, 0.3) is 11.0 Å². The highest BCUT2D eigenvalue weighted by molar-refractivity contribution is 7.98. The van der Waals surface area contributed by atoms with Gasteiger partial charge in [-0.25, -0.2) is 9.36 Å². The van der Waals surface area contributed by atoms with Crippen LogP contribution in [-0.4, -0.2) is 27.8 Å². The first-order chi connectivity index (χ1) is 12.9. The molecule has 0 saturated heterocycles. The minimum Gasteiger partial charge on any atom is -0.329 e. The Labute approximate surface area is 165 Å². The molecule has 0 spiro atoms. The number of fused-ring (bicyclic) bond motifs is 1. The van der Waals surface area contributed by atoms with Crippen LogP contribution in [0, 0.1) is 23.7 Å². The predicted molar refractivity (Wildman–Crippen MR) is 112 cm³/mol. The summed E-state index contributed by atoms with van der Waals surface area (Å²) in [6, 6.07) is 5.88. The fourth-order valence-corrected chi connectivity index (χ4v) is 5.01. The lowest BCUT2D eigenvalue weighted by atomic mass is 9.69. The van der Waals surface area contributed by atoms with E-state index in [2.05, 4.69) is 20.8 Å². The Hall–Kier alpha value is -1.53. The molecule has 6 heteroatoms. The van der Waals surface area contributed by atoms with Gasteiger partial charge in [0, 0.05) is 23.9 Å². The lowest BCUT2D eigenvalue weighted by molar-refractivity contribution is 0.0633. The van der Waals surface area contributed by atoms with Crippen LogP contribution in [0.1, 0.15) is 44.8 Å². The number of nitrogens with zero attached hydrogens (tertiary/aromatic N) is 2. The third-order valence-corrected chi connectivity index (χ3v) is 6.77. The molecular weight excluding hydrogens is 358 g/mol. The summed E-state index contributed by atoms with van der Waals surface area (Å²) in [6.07, 6.45) is 5.08. The lowest BCUT2D eigenvalue weighted by Gasteiger charge is -2.36. The fourth-order valence-electron chi connectivity index (χ4n) is 4.57. The Bertz CT molecular complexity index is 883. The molecule has 3 rings (SSSR count). The SMILES string of the molecule is CSc1ccc2c(c1)n(CCN)c(=O)n2C(=O)C1CC(C)CC[C@H]1C(C)C. The van der Waals surface area contributed by atoms with Gasteiger partial charge in [-0.1, -0.05) is 27.2 Å². The number of nitrogens with two attached hydrogens (primary N) is 1. The van der Waals surface area contributed by atoms with E-state index < -0.39 is 0 Å². The normalized spacial score (nSPS) is 23.3. The molecule has 1 fully saturated rings. The third kappa shape index (κ3) is 3.74. The van der Waals surface area contributed by atoms with Crippen molar-refractivity contribution in [2.75, 3.05) is 12.8 Å². The van der Waals surface area contributed by atoms with E-state index >= 15 is 0 Å². The van der Waals surface area contributed by atoms with Gasteiger partial charge in [0.15, 0.2) is 0 Å². The number of benzene rings is 1. The quantitative estimate of drug-likeness (QED) is 0.789. The summed E-state index contributed by atoms with van der Waals surface area (Å²) in [4.78, 5) is 27.8. The number of hydrogen-bond acceptors (Lipinski definition) is 4. The topological polar surface area (TPSA) is 70.0 Å². The number of carbonyl (C=O) groups excluding carboxylic acids is 1. The molecule has 0 amide bonds. The molecule has 3 atom stereocenters. The van der Waals surface area contributed by atoms with Gasteiger partial charge in [-0.15, -0.1) is 11.8 Å². The second kappa shape index (κ2) is 8.23. The van der Waals surface area contributed by atoms with Crippen molar-refractivity contribution >= 4 is 28.7 Å². The van der Waals surface area contributed by atoms with Crippen molar-refractivity contribution < 1.29 is 4.79 Å². The van der Waals surface area contributed by atoms with Crippen LogP contribution in [0.2, 0.25) is 0 Å². The van der Waals surface area contributed by atoms with Gasteiger partial charge in [0.2, 0.25) is 5.91 Å². The second-order valence-electron chi connectivity index (χ2n) is 8.18. The van der Waals surface area contributed by atoms with E-state index in [9.17, 15) is 9.59 Å². The Balaban J connectivity index is 2.13. The highest BCUT2D eigenvalue weighted by Gasteiger charge is 2.37. The lowest BCUT2D eigenvalue weighted by Crippen LogP contribution is -2.40. The van der Waals surface area contributed by atoms with Crippen LogP contribution < -0.4 is 11.4 Å². The number of aromatic nitrogens is 2. The molecule has 0 bridgehead atoms. The molecular formula is C21H31N3O2S. The van der Waals surface area contributed by atoms with Crippen LogP contribution in [0.5, 0.6) is 0 Å². The summed E-state index contributed by atoms with van der Waals surface area (Å²) < 4.78 is 3.08. The van der Waals surface area contributed by atoms with Gasteiger partial charge in [-0.05, 0) is 55.1 Å². The van der Waals surface area contributed by atoms with Crippen molar-refractivity contribution in [2.24, 2.45) is 29.4 Å². The van der Waals surface area contributed by atoms with Gasteiger partial charge in [0.1, 0.15) is 0 Å². The van der Waals surface area contributed by atoms with Crippen LogP contribution in [-0.2, 0) is 6.54 Å². The molecule has 1 aromatic heterocycles. The zero-order chi connectivity index (χ0) is 19.7. The molecule has 148 valence electrons. The summed E-state index contributed by atoms with van der Waals surface area (Å²) in [5.74, 6) is 1.15. The number of carbonyl (C=O) groups is 1. The van der Waals surface area contributed by atoms with Gasteiger partial charge in [0.25, 0.3) is 0 Å². The minimum atomic E-state index is -0.251. The van der Waals surface area contributed by atoms with Crippen molar-refractivity contribution in [3.05, 3.63) is 28.7 Å². The summed E-state index contributed by atoms with van der Waals surface area (Å²) in [5.41, 5.74) is 7.00. The molecule has 2 unspecified atom stereocenters. The van der Waals surface area contributed by atoms with E-state index in [1.54, 1.807) is 16.3 Å². The minimum absolute atomic E-state index is 0.0390. The van der Waals surface area contributed by atoms with Gasteiger partial charge in [-0.3, -0.25) is 9.36 Å². The molecule has 27 heavy (non-hydrogen) atoms. The largest absolute Gasteiger partial charge is 0.336 e. The highest BCUT2D eigenvalue weighted by atomic mass is 32.2. The Morgan fingerprint density at radius 1 is 1.30 bits per heavy atom. The number of hydrogen-bond donors (Lipinski definition) is 1. The smallest absolute Gasteiger partial charge is 0.329 e. The molecule has 2 aromatic rings. The van der Waals surface area contributed by atoms with E-state index in [0.29, 0.717) is 36.4 Å². The van der Waals surface area contributed by atoms with Gasteiger partial charge in [-0.2, -0.15) is 0 Å². The number of thioether (sulfide) groups is 1. The fraction of sp³-hybridized carbons (Fsp3) is 0.619. The zero-order valence-corrected chi connectivity index (χ0v) is 17.6. The molecule has 1 saturated carbocycles.